The van der Waals surface area contributed by atoms with Crippen LogP contribution in [0.2, 0.25) is 0 Å². The standard InChI is InChI=1S/C46H62O9/c1-29(21-23-35-33(5)19-13-25-45(35,7)8)15-11-17-31(3)27-37(47)53-43(52)42-40(50)39(49)41(51)44(55-42)54-38(48)28-32(4)18-12-16-30(2)22-24-36-34(6)20-14-26-46(36,9)10/h11-12,15-18,21-24,27-28,39-42,44,49-51H,13-14,19-20,25-26H2,1-10H3/t39-,40-,41+,42-,44+/m0/s1. The average Bonchev–Trinajstić information content (AvgIpc) is 3.07. The summed E-state index contributed by atoms with van der Waals surface area (Å²) in [7, 11) is 0. The molecule has 1 heterocycles. The number of rotatable bonds is 12. The molecule has 1 aliphatic heterocycles. The molecule has 9 heteroatoms. The van der Waals surface area contributed by atoms with Crippen LogP contribution < -0.4 is 0 Å². The molecular formula is C46H62O9. The van der Waals surface area contributed by atoms with Gasteiger partial charge in [-0.1, -0.05) is 111 Å². The van der Waals surface area contributed by atoms with Crippen LogP contribution >= 0.6 is 0 Å². The number of carbonyl (C=O) groups is 3. The molecule has 0 unspecified atom stereocenters. The van der Waals surface area contributed by atoms with E-state index < -0.39 is 48.6 Å². The van der Waals surface area contributed by atoms with Crippen LogP contribution in [0.3, 0.4) is 0 Å². The van der Waals surface area contributed by atoms with Gasteiger partial charge in [-0.3, -0.25) is 0 Å². The zero-order valence-electron chi connectivity index (χ0n) is 34.3. The summed E-state index contributed by atoms with van der Waals surface area (Å²) in [6.45, 7) is 20.7. The first-order valence-corrected chi connectivity index (χ1v) is 19.2. The second-order valence-corrected chi connectivity index (χ2v) is 16.4. The predicted molar refractivity (Wildman–Crippen MR) is 216 cm³/mol. The third-order valence-electron chi connectivity index (χ3n) is 10.5. The van der Waals surface area contributed by atoms with Crippen LogP contribution in [-0.2, 0) is 28.6 Å². The normalized spacial score (nSPS) is 27.2. The topological polar surface area (TPSA) is 140 Å². The van der Waals surface area contributed by atoms with Crippen LogP contribution in [0.1, 0.15) is 108 Å². The fourth-order valence-electron chi connectivity index (χ4n) is 7.21. The minimum atomic E-state index is -1.95. The summed E-state index contributed by atoms with van der Waals surface area (Å²) in [6, 6.07) is 0. The lowest BCUT2D eigenvalue weighted by molar-refractivity contribution is -0.285. The molecule has 3 N–H and O–H groups in total. The number of carbonyl (C=O) groups excluding carboxylic acids is 3. The van der Waals surface area contributed by atoms with Crippen molar-refractivity contribution in [2.24, 2.45) is 10.8 Å². The Kier molecular flexibility index (Phi) is 16.6. The maximum absolute atomic E-state index is 12.8. The van der Waals surface area contributed by atoms with Gasteiger partial charge in [-0.25, -0.2) is 14.4 Å². The van der Waals surface area contributed by atoms with Crippen molar-refractivity contribution in [3.05, 3.63) is 117 Å². The third-order valence-corrected chi connectivity index (χ3v) is 10.5. The van der Waals surface area contributed by atoms with Crippen molar-refractivity contribution in [3.8, 4) is 0 Å². The third kappa shape index (κ3) is 13.5. The molecule has 2 aliphatic carbocycles. The van der Waals surface area contributed by atoms with E-state index in [0.29, 0.717) is 11.1 Å². The summed E-state index contributed by atoms with van der Waals surface area (Å²) in [5.74, 6) is -3.27. The van der Waals surface area contributed by atoms with Crippen LogP contribution in [0, 0.1) is 10.8 Å². The van der Waals surface area contributed by atoms with Crippen LogP contribution in [-0.4, -0.2) is 63.9 Å². The molecular weight excluding hydrogens is 696 g/mol. The summed E-state index contributed by atoms with van der Waals surface area (Å²) < 4.78 is 15.4. The zero-order chi connectivity index (χ0) is 41.1. The molecule has 1 fully saturated rings. The highest BCUT2D eigenvalue weighted by Crippen LogP contribution is 2.42. The van der Waals surface area contributed by atoms with Gasteiger partial charge in [0, 0.05) is 12.2 Å². The smallest absolute Gasteiger partial charge is 0.346 e. The van der Waals surface area contributed by atoms with E-state index in [1.54, 1.807) is 38.2 Å². The van der Waals surface area contributed by atoms with Gasteiger partial charge in [0.1, 0.15) is 18.3 Å². The maximum atomic E-state index is 12.8. The molecule has 0 radical (unpaired) electrons. The average molecular weight is 759 g/mol. The molecule has 1 saturated heterocycles. The van der Waals surface area contributed by atoms with Gasteiger partial charge in [-0.05, 0) is 113 Å². The Balaban J connectivity index is 1.57. The van der Waals surface area contributed by atoms with E-state index in [1.807, 2.05) is 26.0 Å². The van der Waals surface area contributed by atoms with Crippen molar-refractivity contribution in [1.82, 2.24) is 0 Å². The molecule has 0 spiro atoms. The van der Waals surface area contributed by atoms with E-state index in [1.165, 1.54) is 35.1 Å². The lowest BCUT2D eigenvalue weighted by atomic mass is 9.72. The number of esters is 3. The van der Waals surface area contributed by atoms with Gasteiger partial charge in [0.15, 0.2) is 6.10 Å². The second-order valence-electron chi connectivity index (χ2n) is 16.4. The highest BCUT2D eigenvalue weighted by molar-refractivity contribution is 5.94. The molecule has 300 valence electrons. The summed E-state index contributed by atoms with van der Waals surface area (Å²) in [5, 5.41) is 31.3. The first kappa shape index (κ1) is 45.2. The SMILES string of the molecule is CC(C=CC1=C(C)CCCC1(C)C)=CC=CC(C)=CC(=O)OC(=O)[C@H]1O[C@@H](OC(=O)C=C(C)C=CC=C(C)C=CC2=C(C)CCCC2(C)C)[C@H](O)[C@@H](O)[C@@H]1O. The highest BCUT2D eigenvalue weighted by Gasteiger charge is 2.49. The number of hydrogen-bond acceptors (Lipinski definition) is 9. The minimum absolute atomic E-state index is 0.140. The van der Waals surface area contributed by atoms with Crippen molar-refractivity contribution in [1.29, 1.82) is 0 Å². The Morgan fingerprint density at radius 1 is 0.655 bits per heavy atom. The van der Waals surface area contributed by atoms with Crippen molar-refractivity contribution in [3.63, 3.8) is 0 Å². The molecule has 9 nitrogen and oxygen atoms in total. The van der Waals surface area contributed by atoms with Crippen molar-refractivity contribution >= 4 is 17.9 Å². The fourth-order valence-corrected chi connectivity index (χ4v) is 7.21. The van der Waals surface area contributed by atoms with Crippen molar-refractivity contribution in [2.75, 3.05) is 0 Å². The Labute approximate surface area is 327 Å². The van der Waals surface area contributed by atoms with Crippen LogP contribution in [0.4, 0.5) is 0 Å². The van der Waals surface area contributed by atoms with E-state index >= 15 is 0 Å². The minimum Gasteiger partial charge on any atom is -0.430 e. The van der Waals surface area contributed by atoms with Crippen LogP contribution in [0.25, 0.3) is 0 Å². The van der Waals surface area contributed by atoms with E-state index in [2.05, 4.69) is 65.8 Å². The lowest BCUT2D eigenvalue weighted by Gasteiger charge is -2.38. The number of ether oxygens (including phenoxy) is 3. The predicted octanol–water partition coefficient (Wildman–Crippen LogP) is 8.47. The molecule has 0 bridgehead atoms. The van der Waals surface area contributed by atoms with E-state index in [-0.39, 0.29) is 10.8 Å². The summed E-state index contributed by atoms with van der Waals surface area (Å²) >= 11 is 0. The maximum Gasteiger partial charge on any atom is 0.346 e. The molecule has 5 atom stereocenters. The van der Waals surface area contributed by atoms with Gasteiger partial charge < -0.3 is 29.5 Å². The Morgan fingerprint density at radius 3 is 1.56 bits per heavy atom. The molecule has 3 aliphatic rings. The summed E-state index contributed by atoms with van der Waals surface area (Å²) in [6.07, 6.45) is 18.9. The van der Waals surface area contributed by atoms with Crippen molar-refractivity contribution in [2.45, 2.75) is 138 Å². The van der Waals surface area contributed by atoms with Gasteiger partial charge in [0.2, 0.25) is 6.29 Å². The summed E-state index contributed by atoms with van der Waals surface area (Å²) in [4.78, 5) is 38.0. The van der Waals surface area contributed by atoms with Crippen molar-refractivity contribution < 1.29 is 43.9 Å². The molecule has 0 saturated carbocycles. The molecule has 0 aromatic heterocycles. The number of allylic oxidation sites excluding steroid dienone is 18. The van der Waals surface area contributed by atoms with Gasteiger partial charge in [0.25, 0.3) is 0 Å². The van der Waals surface area contributed by atoms with Gasteiger partial charge in [-0.15, -0.1) is 0 Å². The fraction of sp³-hybridized carbons (Fsp3) is 0.500. The monoisotopic (exact) mass is 758 g/mol. The molecule has 0 amide bonds. The Morgan fingerprint density at radius 2 is 1.11 bits per heavy atom. The Bertz CT molecular complexity index is 1750. The molecule has 55 heavy (non-hydrogen) atoms. The van der Waals surface area contributed by atoms with E-state index in [9.17, 15) is 29.7 Å². The largest absolute Gasteiger partial charge is 0.430 e. The number of aliphatic hydroxyl groups is 3. The van der Waals surface area contributed by atoms with Crippen LogP contribution in [0.15, 0.2) is 117 Å². The molecule has 3 rings (SSSR count). The molecule has 0 aromatic carbocycles. The first-order valence-electron chi connectivity index (χ1n) is 19.2. The van der Waals surface area contributed by atoms with Gasteiger partial charge in [0.05, 0.1) is 0 Å². The zero-order valence-corrected chi connectivity index (χ0v) is 34.3. The summed E-state index contributed by atoms with van der Waals surface area (Å²) in [5.41, 5.74) is 8.89. The van der Waals surface area contributed by atoms with Crippen LogP contribution in [0.5, 0.6) is 0 Å². The first-order chi connectivity index (χ1) is 25.7. The Hall–Kier alpha value is -4.15. The number of hydrogen-bond donors (Lipinski definition) is 3. The van der Waals surface area contributed by atoms with E-state index in [0.717, 1.165) is 49.0 Å². The quantitative estimate of drug-likeness (QED) is 0.0774. The highest BCUT2D eigenvalue weighted by atomic mass is 16.7. The van der Waals surface area contributed by atoms with E-state index in [4.69, 9.17) is 14.2 Å². The second kappa shape index (κ2) is 20.1. The van der Waals surface area contributed by atoms with Gasteiger partial charge >= 0.3 is 17.9 Å². The van der Waals surface area contributed by atoms with Gasteiger partial charge in [-0.2, -0.15) is 0 Å². The molecule has 0 aromatic rings. The lowest BCUT2D eigenvalue weighted by Crippen LogP contribution is -2.61. The number of aliphatic hydroxyl groups excluding tert-OH is 3.